The highest BCUT2D eigenvalue weighted by Crippen LogP contribution is 2.13. The molecule has 0 radical (unpaired) electrons. The third-order valence-electron chi connectivity index (χ3n) is 3.18. The SMILES string of the molecule is CC(NC(=O)C=Cc1ccccc1F)C(=O)Nc1ccc(Cl)cc1. The van der Waals surface area contributed by atoms with Gasteiger partial charge in [-0.3, -0.25) is 9.59 Å². The van der Waals surface area contributed by atoms with E-state index in [1.807, 2.05) is 0 Å². The highest BCUT2D eigenvalue weighted by molar-refractivity contribution is 6.30. The van der Waals surface area contributed by atoms with Gasteiger partial charge in [-0.2, -0.15) is 0 Å². The first-order valence-electron chi connectivity index (χ1n) is 7.25. The van der Waals surface area contributed by atoms with Gasteiger partial charge in [0.05, 0.1) is 0 Å². The average molecular weight is 347 g/mol. The lowest BCUT2D eigenvalue weighted by atomic mass is 10.2. The van der Waals surface area contributed by atoms with Crippen LogP contribution in [0.3, 0.4) is 0 Å². The van der Waals surface area contributed by atoms with Crippen LogP contribution in [0.15, 0.2) is 54.6 Å². The van der Waals surface area contributed by atoms with Gasteiger partial charge < -0.3 is 10.6 Å². The van der Waals surface area contributed by atoms with Crippen molar-refractivity contribution in [3.63, 3.8) is 0 Å². The van der Waals surface area contributed by atoms with E-state index in [1.54, 1.807) is 49.4 Å². The van der Waals surface area contributed by atoms with E-state index in [2.05, 4.69) is 10.6 Å². The fourth-order valence-electron chi connectivity index (χ4n) is 1.89. The van der Waals surface area contributed by atoms with Crippen molar-refractivity contribution >= 4 is 35.2 Å². The van der Waals surface area contributed by atoms with Crippen molar-refractivity contribution in [2.75, 3.05) is 5.32 Å². The summed E-state index contributed by atoms with van der Waals surface area (Å²) in [6.45, 7) is 1.56. The van der Waals surface area contributed by atoms with E-state index in [-0.39, 0.29) is 5.91 Å². The average Bonchev–Trinajstić information content (AvgIpc) is 2.56. The van der Waals surface area contributed by atoms with E-state index in [9.17, 15) is 14.0 Å². The molecule has 124 valence electrons. The van der Waals surface area contributed by atoms with Crippen molar-refractivity contribution in [3.05, 3.63) is 71.0 Å². The van der Waals surface area contributed by atoms with Crippen LogP contribution in [0, 0.1) is 5.82 Å². The van der Waals surface area contributed by atoms with Crippen molar-refractivity contribution in [2.45, 2.75) is 13.0 Å². The normalized spacial score (nSPS) is 12.0. The summed E-state index contributed by atoms with van der Waals surface area (Å²) in [4.78, 5) is 23.8. The van der Waals surface area contributed by atoms with E-state index >= 15 is 0 Å². The van der Waals surface area contributed by atoms with E-state index in [1.165, 1.54) is 18.2 Å². The minimum atomic E-state index is -0.751. The zero-order chi connectivity index (χ0) is 17.5. The maximum atomic E-state index is 13.4. The number of nitrogens with one attached hydrogen (secondary N) is 2. The van der Waals surface area contributed by atoms with Crippen LogP contribution in [0.4, 0.5) is 10.1 Å². The summed E-state index contributed by atoms with van der Waals surface area (Å²) < 4.78 is 13.4. The minimum Gasteiger partial charge on any atom is -0.341 e. The number of amides is 2. The van der Waals surface area contributed by atoms with E-state index in [0.29, 0.717) is 16.3 Å². The first kappa shape index (κ1) is 17.7. The third-order valence-corrected chi connectivity index (χ3v) is 3.44. The Morgan fingerprint density at radius 1 is 1.12 bits per heavy atom. The van der Waals surface area contributed by atoms with Crippen LogP contribution < -0.4 is 10.6 Å². The minimum absolute atomic E-state index is 0.297. The predicted octanol–water partition coefficient (Wildman–Crippen LogP) is 3.64. The summed E-state index contributed by atoms with van der Waals surface area (Å²) in [5, 5.41) is 5.74. The molecule has 0 spiro atoms. The molecule has 24 heavy (non-hydrogen) atoms. The number of carbonyl (C=O) groups is 2. The summed E-state index contributed by atoms with van der Waals surface area (Å²) in [5.41, 5.74) is 0.873. The molecule has 0 saturated heterocycles. The standard InChI is InChI=1S/C18H16ClFN2O2/c1-12(18(24)22-15-9-7-14(19)8-10-15)21-17(23)11-6-13-4-2-3-5-16(13)20/h2-12H,1H3,(H,21,23)(H,22,24). The smallest absolute Gasteiger partial charge is 0.246 e. The predicted molar refractivity (Wildman–Crippen MR) is 93.1 cm³/mol. The number of hydrogen-bond acceptors (Lipinski definition) is 2. The Bertz CT molecular complexity index is 760. The molecule has 0 aliphatic rings. The largest absolute Gasteiger partial charge is 0.341 e. The second kappa shape index (κ2) is 8.26. The molecule has 0 saturated carbocycles. The van der Waals surface area contributed by atoms with Crippen molar-refractivity contribution in [1.29, 1.82) is 0 Å². The van der Waals surface area contributed by atoms with Crippen LogP contribution in [-0.4, -0.2) is 17.9 Å². The quantitative estimate of drug-likeness (QED) is 0.812. The fraction of sp³-hybridized carbons (Fsp3) is 0.111. The monoisotopic (exact) mass is 346 g/mol. The van der Waals surface area contributed by atoms with Gasteiger partial charge in [-0.05, 0) is 43.3 Å². The van der Waals surface area contributed by atoms with Gasteiger partial charge >= 0.3 is 0 Å². The first-order chi connectivity index (χ1) is 11.5. The zero-order valence-corrected chi connectivity index (χ0v) is 13.7. The van der Waals surface area contributed by atoms with Crippen molar-refractivity contribution < 1.29 is 14.0 Å². The number of rotatable bonds is 5. The maximum absolute atomic E-state index is 13.4. The molecule has 4 nitrogen and oxygen atoms in total. The zero-order valence-electron chi connectivity index (χ0n) is 12.9. The van der Waals surface area contributed by atoms with Gasteiger partial charge in [0.15, 0.2) is 0 Å². The van der Waals surface area contributed by atoms with Gasteiger partial charge in [0.25, 0.3) is 0 Å². The summed E-state index contributed by atoms with van der Waals surface area (Å²) in [5.74, 6) is -1.28. The molecular weight excluding hydrogens is 331 g/mol. The summed E-state index contributed by atoms with van der Waals surface area (Å²) in [6.07, 6.45) is 2.54. The van der Waals surface area contributed by atoms with E-state index in [4.69, 9.17) is 11.6 Å². The van der Waals surface area contributed by atoms with Crippen LogP contribution in [-0.2, 0) is 9.59 Å². The number of hydrogen-bond donors (Lipinski definition) is 2. The Morgan fingerprint density at radius 2 is 1.79 bits per heavy atom. The molecule has 1 unspecified atom stereocenters. The van der Waals surface area contributed by atoms with Crippen LogP contribution in [0.2, 0.25) is 5.02 Å². The summed E-state index contributed by atoms with van der Waals surface area (Å²) >= 11 is 5.77. The number of benzene rings is 2. The molecule has 0 aromatic heterocycles. The number of halogens is 2. The molecule has 2 aromatic carbocycles. The fourth-order valence-corrected chi connectivity index (χ4v) is 2.01. The Morgan fingerprint density at radius 3 is 2.46 bits per heavy atom. The molecule has 0 bridgehead atoms. The topological polar surface area (TPSA) is 58.2 Å². The molecule has 2 aromatic rings. The Kier molecular flexibility index (Phi) is 6.09. The molecular formula is C18H16ClFN2O2. The molecule has 1 atom stereocenters. The number of anilines is 1. The Balaban J connectivity index is 1.90. The molecule has 0 fully saturated rings. The second-order valence-corrected chi connectivity index (χ2v) is 5.52. The number of carbonyl (C=O) groups excluding carboxylic acids is 2. The molecule has 2 rings (SSSR count). The molecule has 2 amide bonds. The van der Waals surface area contributed by atoms with E-state index < -0.39 is 17.8 Å². The van der Waals surface area contributed by atoms with Gasteiger partial charge in [-0.1, -0.05) is 29.8 Å². The molecule has 0 aliphatic carbocycles. The van der Waals surface area contributed by atoms with E-state index in [0.717, 1.165) is 0 Å². The van der Waals surface area contributed by atoms with Crippen molar-refractivity contribution in [2.24, 2.45) is 0 Å². The van der Waals surface area contributed by atoms with Gasteiger partial charge in [-0.15, -0.1) is 0 Å². The summed E-state index contributed by atoms with van der Waals surface area (Å²) in [6, 6.07) is 12.0. The molecule has 0 heterocycles. The van der Waals surface area contributed by atoms with Gasteiger partial charge in [0, 0.05) is 22.3 Å². The van der Waals surface area contributed by atoms with Gasteiger partial charge in [0.2, 0.25) is 11.8 Å². The van der Waals surface area contributed by atoms with Crippen LogP contribution in [0.25, 0.3) is 6.08 Å². The molecule has 6 heteroatoms. The highest BCUT2D eigenvalue weighted by atomic mass is 35.5. The van der Waals surface area contributed by atoms with Crippen molar-refractivity contribution in [1.82, 2.24) is 5.32 Å². The molecule has 2 N–H and O–H groups in total. The second-order valence-electron chi connectivity index (χ2n) is 5.08. The summed E-state index contributed by atoms with van der Waals surface area (Å²) in [7, 11) is 0. The lowest BCUT2D eigenvalue weighted by molar-refractivity contribution is -0.123. The lowest BCUT2D eigenvalue weighted by Crippen LogP contribution is -2.40. The van der Waals surface area contributed by atoms with Crippen LogP contribution in [0.5, 0.6) is 0 Å². The van der Waals surface area contributed by atoms with Crippen LogP contribution in [0.1, 0.15) is 12.5 Å². The van der Waals surface area contributed by atoms with Gasteiger partial charge in [-0.25, -0.2) is 4.39 Å². The lowest BCUT2D eigenvalue weighted by Gasteiger charge is -2.13. The Hall–Kier alpha value is -2.66. The molecule has 0 aliphatic heterocycles. The first-order valence-corrected chi connectivity index (χ1v) is 7.63. The third kappa shape index (κ3) is 5.21. The highest BCUT2D eigenvalue weighted by Gasteiger charge is 2.14. The van der Waals surface area contributed by atoms with Crippen molar-refractivity contribution in [3.8, 4) is 0 Å². The maximum Gasteiger partial charge on any atom is 0.246 e. The Labute approximate surface area is 144 Å². The van der Waals surface area contributed by atoms with Gasteiger partial charge in [0.1, 0.15) is 11.9 Å². The van der Waals surface area contributed by atoms with Crippen LogP contribution >= 0.6 is 11.6 Å².